The molecule has 2 aromatic heterocycles. The minimum atomic E-state index is 0.659. The second-order valence-electron chi connectivity index (χ2n) is 7.32. The topological polar surface area (TPSA) is 34.0 Å². The fourth-order valence-electron chi connectivity index (χ4n) is 3.83. The van der Waals surface area contributed by atoms with Gasteiger partial charge in [-0.2, -0.15) is 0 Å². The third-order valence-corrected chi connectivity index (χ3v) is 5.60. The highest BCUT2D eigenvalue weighted by Crippen LogP contribution is 2.39. The summed E-state index contributed by atoms with van der Waals surface area (Å²) in [5.74, 6) is 1.88. The molecule has 2 aliphatic rings. The lowest BCUT2D eigenvalue weighted by molar-refractivity contribution is 0.714. The molecule has 0 unspecified atom stereocenters. The molecule has 1 aromatic carbocycles. The lowest BCUT2D eigenvalue weighted by Gasteiger charge is -2.30. The number of pyridine rings is 1. The van der Waals surface area contributed by atoms with Gasteiger partial charge in [-0.25, -0.2) is 4.98 Å². The van der Waals surface area contributed by atoms with Crippen LogP contribution in [0.3, 0.4) is 0 Å². The Hall–Kier alpha value is -2.33. The zero-order valence-corrected chi connectivity index (χ0v) is 15.4. The maximum atomic E-state index is 6.13. The Labute approximate surface area is 158 Å². The number of benzene rings is 1. The van der Waals surface area contributed by atoms with E-state index in [2.05, 4.69) is 43.8 Å². The largest absolute Gasteiger partial charge is 0.366 e. The van der Waals surface area contributed by atoms with Gasteiger partial charge in [0.05, 0.1) is 18.4 Å². The summed E-state index contributed by atoms with van der Waals surface area (Å²) in [6.07, 6.45) is 11.5. The molecule has 1 saturated carbocycles. The molecule has 5 heteroatoms. The fraction of sp³-hybridized carbons (Fsp3) is 0.333. The predicted molar refractivity (Wildman–Crippen MR) is 104 cm³/mol. The van der Waals surface area contributed by atoms with Crippen molar-refractivity contribution < 1.29 is 0 Å². The second kappa shape index (κ2) is 6.44. The Kier molecular flexibility index (Phi) is 3.93. The summed E-state index contributed by atoms with van der Waals surface area (Å²) in [6.45, 7) is 2.75. The van der Waals surface area contributed by atoms with E-state index in [9.17, 15) is 0 Å². The SMILES string of the molecule is Clc1ccc2c(c1)CCN(c1cncc(Cn3ccnc3C3CC3)c1)C2. The van der Waals surface area contributed by atoms with Gasteiger partial charge in [0.25, 0.3) is 0 Å². The van der Waals surface area contributed by atoms with Crippen molar-refractivity contribution in [3.63, 3.8) is 0 Å². The van der Waals surface area contributed by atoms with Crippen LogP contribution in [0, 0.1) is 0 Å². The summed E-state index contributed by atoms with van der Waals surface area (Å²) in [5.41, 5.74) is 5.14. The molecule has 3 aromatic rings. The van der Waals surface area contributed by atoms with Gasteiger partial charge in [-0.05, 0) is 54.2 Å². The lowest BCUT2D eigenvalue weighted by atomic mass is 9.99. The third kappa shape index (κ3) is 3.10. The number of imidazole rings is 1. The normalized spacial score (nSPS) is 16.6. The Morgan fingerprint density at radius 2 is 2.04 bits per heavy atom. The van der Waals surface area contributed by atoms with Gasteiger partial charge in [0.15, 0.2) is 0 Å². The minimum absolute atomic E-state index is 0.659. The molecule has 1 aliphatic heterocycles. The first kappa shape index (κ1) is 15.9. The van der Waals surface area contributed by atoms with E-state index in [4.69, 9.17) is 11.6 Å². The number of hydrogen-bond acceptors (Lipinski definition) is 3. The van der Waals surface area contributed by atoms with Crippen molar-refractivity contribution >= 4 is 17.3 Å². The fourth-order valence-corrected chi connectivity index (χ4v) is 4.02. The molecule has 0 saturated heterocycles. The number of rotatable bonds is 4. The van der Waals surface area contributed by atoms with E-state index in [1.807, 2.05) is 24.7 Å². The van der Waals surface area contributed by atoms with Crippen LogP contribution in [-0.2, 0) is 19.5 Å². The van der Waals surface area contributed by atoms with Gasteiger partial charge in [-0.1, -0.05) is 17.7 Å². The Morgan fingerprint density at radius 3 is 2.92 bits per heavy atom. The van der Waals surface area contributed by atoms with E-state index >= 15 is 0 Å². The number of halogens is 1. The number of nitrogens with zero attached hydrogens (tertiary/aromatic N) is 4. The van der Waals surface area contributed by atoms with Gasteiger partial charge in [-0.3, -0.25) is 4.98 Å². The number of hydrogen-bond donors (Lipinski definition) is 0. The van der Waals surface area contributed by atoms with Crippen molar-refractivity contribution in [2.45, 2.75) is 38.3 Å². The van der Waals surface area contributed by atoms with Crippen LogP contribution in [0.1, 0.15) is 41.3 Å². The number of fused-ring (bicyclic) bond motifs is 1. The molecular weight excluding hydrogens is 344 g/mol. The molecule has 26 heavy (non-hydrogen) atoms. The summed E-state index contributed by atoms with van der Waals surface area (Å²) < 4.78 is 2.27. The van der Waals surface area contributed by atoms with Gasteiger partial charge >= 0.3 is 0 Å². The molecule has 132 valence electrons. The van der Waals surface area contributed by atoms with Crippen LogP contribution in [0.2, 0.25) is 5.02 Å². The summed E-state index contributed by atoms with van der Waals surface area (Å²) in [5, 5.41) is 0.827. The summed E-state index contributed by atoms with van der Waals surface area (Å²) >= 11 is 6.13. The van der Waals surface area contributed by atoms with E-state index in [1.54, 1.807) is 0 Å². The molecule has 0 atom stereocenters. The zero-order valence-electron chi connectivity index (χ0n) is 14.6. The molecular formula is C21H21ClN4. The maximum Gasteiger partial charge on any atom is 0.112 e. The van der Waals surface area contributed by atoms with Gasteiger partial charge in [-0.15, -0.1) is 0 Å². The first-order valence-corrected chi connectivity index (χ1v) is 9.61. The Morgan fingerprint density at radius 1 is 1.12 bits per heavy atom. The van der Waals surface area contributed by atoms with Crippen molar-refractivity contribution in [1.29, 1.82) is 0 Å². The third-order valence-electron chi connectivity index (χ3n) is 5.37. The van der Waals surface area contributed by atoms with Crippen LogP contribution in [-0.4, -0.2) is 21.1 Å². The number of anilines is 1. The molecule has 5 rings (SSSR count). The molecule has 1 fully saturated rings. The molecule has 0 bridgehead atoms. The molecule has 3 heterocycles. The van der Waals surface area contributed by atoms with Gasteiger partial charge in [0.2, 0.25) is 0 Å². The van der Waals surface area contributed by atoms with E-state index < -0.39 is 0 Å². The maximum absolute atomic E-state index is 6.13. The van der Waals surface area contributed by atoms with Gasteiger partial charge in [0, 0.05) is 42.6 Å². The number of aromatic nitrogens is 3. The van der Waals surface area contributed by atoms with E-state index in [1.165, 1.54) is 41.0 Å². The van der Waals surface area contributed by atoms with Crippen LogP contribution < -0.4 is 4.90 Å². The second-order valence-corrected chi connectivity index (χ2v) is 7.76. The Balaban J connectivity index is 1.36. The average molecular weight is 365 g/mol. The Bertz CT molecular complexity index is 945. The first-order valence-electron chi connectivity index (χ1n) is 9.23. The molecule has 0 N–H and O–H groups in total. The first-order chi connectivity index (χ1) is 12.8. The monoisotopic (exact) mass is 364 g/mol. The van der Waals surface area contributed by atoms with Crippen molar-refractivity contribution in [3.05, 3.63) is 76.6 Å². The molecule has 1 aliphatic carbocycles. The average Bonchev–Trinajstić information content (AvgIpc) is 3.41. The molecule has 4 nitrogen and oxygen atoms in total. The van der Waals surface area contributed by atoms with Crippen LogP contribution in [0.5, 0.6) is 0 Å². The highest BCUT2D eigenvalue weighted by Gasteiger charge is 2.27. The van der Waals surface area contributed by atoms with Crippen molar-refractivity contribution in [3.8, 4) is 0 Å². The lowest BCUT2D eigenvalue weighted by Crippen LogP contribution is -2.30. The van der Waals surface area contributed by atoms with Gasteiger partial charge in [0.1, 0.15) is 5.82 Å². The smallest absolute Gasteiger partial charge is 0.112 e. The molecule has 0 radical (unpaired) electrons. The zero-order chi connectivity index (χ0) is 17.5. The van der Waals surface area contributed by atoms with E-state index in [0.717, 1.165) is 31.1 Å². The van der Waals surface area contributed by atoms with Crippen LogP contribution >= 0.6 is 11.6 Å². The van der Waals surface area contributed by atoms with Crippen LogP contribution in [0.15, 0.2) is 49.1 Å². The van der Waals surface area contributed by atoms with Crippen LogP contribution in [0.4, 0.5) is 5.69 Å². The summed E-state index contributed by atoms with van der Waals surface area (Å²) in [7, 11) is 0. The highest BCUT2D eigenvalue weighted by atomic mass is 35.5. The van der Waals surface area contributed by atoms with E-state index in [-0.39, 0.29) is 0 Å². The highest BCUT2D eigenvalue weighted by molar-refractivity contribution is 6.30. The van der Waals surface area contributed by atoms with Crippen molar-refractivity contribution in [1.82, 2.24) is 14.5 Å². The molecule has 0 spiro atoms. The summed E-state index contributed by atoms with van der Waals surface area (Å²) in [4.78, 5) is 11.4. The molecule has 0 amide bonds. The van der Waals surface area contributed by atoms with Crippen molar-refractivity contribution in [2.24, 2.45) is 0 Å². The quantitative estimate of drug-likeness (QED) is 0.687. The van der Waals surface area contributed by atoms with Gasteiger partial charge < -0.3 is 9.47 Å². The minimum Gasteiger partial charge on any atom is -0.366 e. The standard InChI is InChI=1S/C21H21ClN4/c22-19-4-3-18-14-25(7-5-17(18)10-19)20-9-15(11-23-12-20)13-26-8-6-24-21(26)16-1-2-16/h3-4,6,8-12,16H,1-2,5,7,13-14H2. The van der Waals surface area contributed by atoms with E-state index in [0.29, 0.717) is 5.92 Å². The summed E-state index contributed by atoms with van der Waals surface area (Å²) in [6, 6.07) is 8.50. The van der Waals surface area contributed by atoms with Crippen molar-refractivity contribution in [2.75, 3.05) is 11.4 Å². The van der Waals surface area contributed by atoms with Crippen LogP contribution in [0.25, 0.3) is 0 Å². The predicted octanol–water partition coefficient (Wildman–Crippen LogP) is 4.42.